The van der Waals surface area contributed by atoms with E-state index in [9.17, 15) is 0 Å². The molecule has 0 spiro atoms. The number of rotatable bonds is 4. The van der Waals surface area contributed by atoms with Crippen molar-refractivity contribution in [2.45, 2.75) is 70.4 Å². The Morgan fingerprint density at radius 3 is 2.84 bits per heavy atom. The normalized spacial score (nSPS) is 30.5. The molecular formula is C17H25NS. The second kappa shape index (κ2) is 5.21. The largest absolute Gasteiger partial charge is 0.309 e. The summed E-state index contributed by atoms with van der Waals surface area (Å²) in [5, 5.41) is 3.85. The van der Waals surface area contributed by atoms with Gasteiger partial charge in [-0.3, -0.25) is 0 Å². The Bertz CT molecular complexity index is 425. The maximum atomic E-state index is 3.85. The monoisotopic (exact) mass is 275 g/mol. The molecule has 0 bridgehead atoms. The predicted octanol–water partition coefficient (Wildman–Crippen LogP) is 4.30. The summed E-state index contributed by atoms with van der Waals surface area (Å²) in [5.41, 5.74) is 1.65. The van der Waals surface area contributed by atoms with Crippen LogP contribution in [0.1, 0.15) is 60.3 Å². The van der Waals surface area contributed by atoms with E-state index >= 15 is 0 Å². The summed E-state index contributed by atoms with van der Waals surface area (Å²) in [6, 6.07) is 3.28. The van der Waals surface area contributed by atoms with Crippen molar-refractivity contribution in [3.8, 4) is 0 Å². The SMILES string of the molecule is c1c(CNC2CCCC(C3CC3)C2)sc2c1CCC2. The molecule has 3 aliphatic rings. The van der Waals surface area contributed by atoms with Crippen LogP contribution in [0.3, 0.4) is 0 Å². The summed E-state index contributed by atoms with van der Waals surface area (Å²) in [7, 11) is 0. The zero-order chi connectivity index (χ0) is 12.7. The Morgan fingerprint density at radius 1 is 1.05 bits per heavy atom. The van der Waals surface area contributed by atoms with E-state index < -0.39 is 0 Å². The van der Waals surface area contributed by atoms with Crippen LogP contribution in [-0.2, 0) is 19.4 Å². The van der Waals surface area contributed by atoms with E-state index in [2.05, 4.69) is 22.7 Å². The van der Waals surface area contributed by atoms with Gasteiger partial charge in [-0.25, -0.2) is 0 Å². The van der Waals surface area contributed by atoms with Gasteiger partial charge in [0.05, 0.1) is 0 Å². The van der Waals surface area contributed by atoms with Gasteiger partial charge < -0.3 is 5.32 Å². The second-order valence-electron chi connectivity index (χ2n) is 6.86. The molecule has 0 saturated heterocycles. The van der Waals surface area contributed by atoms with Gasteiger partial charge in [0.25, 0.3) is 0 Å². The summed E-state index contributed by atoms with van der Waals surface area (Å²) in [5.74, 6) is 2.16. The van der Waals surface area contributed by atoms with Crippen molar-refractivity contribution >= 4 is 11.3 Å². The molecule has 104 valence electrons. The fraction of sp³-hybridized carbons (Fsp3) is 0.765. The van der Waals surface area contributed by atoms with Gasteiger partial charge in [-0.1, -0.05) is 12.8 Å². The molecule has 0 radical (unpaired) electrons. The molecule has 2 atom stereocenters. The van der Waals surface area contributed by atoms with E-state index in [0.717, 1.165) is 24.4 Å². The van der Waals surface area contributed by atoms with E-state index in [-0.39, 0.29) is 0 Å². The minimum absolute atomic E-state index is 0.802. The third-order valence-corrected chi connectivity index (χ3v) is 6.60. The molecular weight excluding hydrogens is 250 g/mol. The van der Waals surface area contributed by atoms with Gasteiger partial charge in [0.2, 0.25) is 0 Å². The highest BCUT2D eigenvalue weighted by molar-refractivity contribution is 7.12. The van der Waals surface area contributed by atoms with Crippen LogP contribution in [0, 0.1) is 11.8 Å². The first-order valence-electron chi connectivity index (χ1n) is 8.22. The molecule has 2 unspecified atom stereocenters. The van der Waals surface area contributed by atoms with Crippen molar-refractivity contribution < 1.29 is 0 Å². The minimum atomic E-state index is 0.802. The second-order valence-corrected chi connectivity index (χ2v) is 8.08. The molecule has 1 heterocycles. The van der Waals surface area contributed by atoms with Gasteiger partial charge in [-0.05, 0) is 68.4 Å². The molecule has 2 saturated carbocycles. The van der Waals surface area contributed by atoms with Crippen LogP contribution >= 0.6 is 11.3 Å². The Kier molecular flexibility index (Phi) is 3.40. The lowest BCUT2D eigenvalue weighted by Gasteiger charge is -2.29. The van der Waals surface area contributed by atoms with E-state index in [1.807, 2.05) is 0 Å². The molecule has 1 nitrogen and oxygen atoms in total. The van der Waals surface area contributed by atoms with Crippen molar-refractivity contribution in [3.05, 3.63) is 21.4 Å². The third kappa shape index (κ3) is 2.75. The van der Waals surface area contributed by atoms with Gasteiger partial charge in [0.15, 0.2) is 0 Å². The lowest BCUT2D eigenvalue weighted by Crippen LogP contribution is -2.34. The lowest BCUT2D eigenvalue weighted by molar-refractivity contribution is 0.260. The number of hydrogen-bond donors (Lipinski definition) is 1. The number of thiophene rings is 1. The molecule has 19 heavy (non-hydrogen) atoms. The standard InChI is InChI=1S/C17H25NS/c1-3-13(12-7-8-12)9-15(5-1)18-11-16-10-14-4-2-6-17(14)19-16/h10,12-13,15,18H,1-9,11H2. The third-order valence-electron chi connectivity index (χ3n) is 5.37. The van der Waals surface area contributed by atoms with Gasteiger partial charge in [-0.2, -0.15) is 0 Å². The summed E-state index contributed by atoms with van der Waals surface area (Å²) < 4.78 is 0. The van der Waals surface area contributed by atoms with Crippen molar-refractivity contribution in [2.24, 2.45) is 11.8 Å². The quantitative estimate of drug-likeness (QED) is 0.864. The van der Waals surface area contributed by atoms with Crippen molar-refractivity contribution in [1.82, 2.24) is 5.32 Å². The van der Waals surface area contributed by atoms with Crippen LogP contribution in [0.2, 0.25) is 0 Å². The average molecular weight is 275 g/mol. The first kappa shape index (κ1) is 12.4. The van der Waals surface area contributed by atoms with Gasteiger partial charge in [0.1, 0.15) is 0 Å². The highest BCUT2D eigenvalue weighted by Crippen LogP contribution is 2.44. The first-order valence-corrected chi connectivity index (χ1v) is 9.04. The van der Waals surface area contributed by atoms with Gasteiger partial charge in [-0.15, -0.1) is 11.3 Å². The van der Waals surface area contributed by atoms with Gasteiger partial charge in [0, 0.05) is 22.3 Å². The van der Waals surface area contributed by atoms with E-state index in [1.165, 1.54) is 57.8 Å². The Hall–Kier alpha value is -0.340. The molecule has 0 amide bonds. The molecule has 0 aliphatic heterocycles. The van der Waals surface area contributed by atoms with Crippen LogP contribution in [-0.4, -0.2) is 6.04 Å². The van der Waals surface area contributed by atoms with Crippen LogP contribution in [0.25, 0.3) is 0 Å². The Labute approximate surface area is 120 Å². The molecule has 2 fully saturated rings. The van der Waals surface area contributed by atoms with E-state index in [0.29, 0.717) is 0 Å². The van der Waals surface area contributed by atoms with Gasteiger partial charge >= 0.3 is 0 Å². The molecule has 1 N–H and O–H groups in total. The Morgan fingerprint density at radius 2 is 2.00 bits per heavy atom. The molecule has 3 aliphatic carbocycles. The Balaban J connectivity index is 1.31. The highest BCUT2D eigenvalue weighted by Gasteiger charge is 2.34. The van der Waals surface area contributed by atoms with E-state index in [1.54, 1.807) is 15.3 Å². The van der Waals surface area contributed by atoms with E-state index in [4.69, 9.17) is 0 Å². The van der Waals surface area contributed by atoms with Crippen molar-refractivity contribution in [1.29, 1.82) is 0 Å². The number of nitrogens with one attached hydrogen (secondary N) is 1. The maximum Gasteiger partial charge on any atom is 0.0302 e. The average Bonchev–Trinajstić information content (AvgIpc) is 3.07. The number of aryl methyl sites for hydroxylation is 2. The summed E-state index contributed by atoms with van der Waals surface area (Å²) in [4.78, 5) is 3.26. The lowest BCUT2D eigenvalue weighted by atomic mass is 9.83. The number of fused-ring (bicyclic) bond motifs is 1. The highest BCUT2D eigenvalue weighted by atomic mass is 32.1. The van der Waals surface area contributed by atoms with Crippen LogP contribution in [0.15, 0.2) is 6.07 Å². The molecule has 0 aromatic carbocycles. The van der Waals surface area contributed by atoms with Crippen LogP contribution in [0.4, 0.5) is 0 Å². The number of hydrogen-bond acceptors (Lipinski definition) is 2. The zero-order valence-electron chi connectivity index (χ0n) is 11.8. The van der Waals surface area contributed by atoms with Crippen molar-refractivity contribution in [3.63, 3.8) is 0 Å². The molecule has 4 rings (SSSR count). The smallest absolute Gasteiger partial charge is 0.0302 e. The molecule has 1 aromatic rings. The predicted molar refractivity (Wildman–Crippen MR) is 81.7 cm³/mol. The van der Waals surface area contributed by atoms with Crippen LogP contribution in [0.5, 0.6) is 0 Å². The van der Waals surface area contributed by atoms with Crippen LogP contribution < -0.4 is 5.32 Å². The minimum Gasteiger partial charge on any atom is -0.309 e. The summed E-state index contributed by atoms with van der Waals surface area (Å²) in [6.07, 6.45) is 12.9. The fourth-order valence-electron chi connectivity index (χ4n) is 4.13. The zero-order valence-corrected chi connectivity index (χ0v) is 12.6. The first-order chi connectivity index (χ1) is 9.38. The topological polar surface area (TPSA) is 12.0 Å². The fourth-order valence-corrected chi connectivity index (χ4v) is 5.34. The molecule has 1 aromatic heterocycles. The summed E-state index contributed by atoms with van der Waals surface area (Å²) >= 11 is 2.07. The molecule has 2 heteroatoms. The summed E-state index contributed by atoms with van der Waals surface area (Å²) in [6.45, 7) is 1.12. The maximum absolute atomic E-state index is 3.85. The van der Waals surface area contributed by atoms with Crippen molar-refractivity contribution in [2.75, 3.05) is 0 Å².